The van der Waals surface area contributed by atoms with Gasteiger partial charge in [-0.25, -0.2) is 4.90 Å². The van der Waals surface area contributed by atoms with Crippen LogP contribution in [0, 0.1) is 17.8 Å². The molecule has 0 aliphatic carbocycles. The molecule has 0 aromatic heterocycles. The molecule has 0 bridgehead atoms. The highest BCUT2D eigenvalue weighted by atomic mass is 35.5. The number of ether oxygens (including phenoxy) is 1. The van der Waals surface area contributed by atoms with Gasteiger partial charge in [0.05, 0.1) is 51.3 Å². The van der Waals surface area contributed by atoms with Gasteiger partial charge in [-0.15, -0.1) is 0 Å². The van der Waals surface area contributed by atoms with Crippen molar-refractivity contribution in [3.05, 3.63) is 49.9 Å². The van der Waals surface area contributed by atoms with Crippen LogP contribution in [0.25, 0.3) is 0 Å². The lowest BCUT2D eigenvalue weighted by Gasteiger charge is -2.37. The van der Waals surface area contributed by atoms with Crippen molar-refractivity contribution in [2.45, 2.75) is 24.2 Å². The number of hydrogen-bond acceptors (Lipinski definition) is 5. The van der Waals surface area contributed by atoms with Crippen molar-refractivity contribution in [3.8, 4) is 5.75 Å². The number of nitrogens with zero attached hydrogens (tertiary/aromatic N) is 2. The fraction of sp³-hybridized carbons (Fsp3) is 0.375. The molecule has 200 valence electrons. The summed E-state index contributed by atoms with van der Waals surface area (Å²) in [7, 11) is 1.34. The Bertz CT molecular complexity index is 1430. The van der Waals surface area contributed by atoms with Crippen molar-refractivity contribution in [1.29, 1.82) is 0 Å². The Morgan fingerprint density at radius 3 is 2.26 bits per heavy atom. The van der Waals surface area contributed by atoms with Gasteiger partial charge >= 0.3 is 6.18 Å². The molecule has 3 saturated heterocycles. The summed E-state index contributed by atoms with van der Waals surface area (Å²) in [5.41, 5.74) is -1.61. The number of alkyl halides is 3. The van der Waals surface area contributed by atoms with E-state index < -0.39 is 66.2 Å². The summed E-state index contributed by atoms with van der Waals surface area (Å²) in [6, 6.07) is 4.34. The van der Waals surface area contributed by atoms with Gasteiger partial charge in [0.25, 0.3) is 5.91 Å². The first-order valence-electron chi connectivity index (χ1n) is 11.4. The van der Waals surface area contributed by atoms with Gasteiger partial charge in [-0.05, 0) is 30.7 Å². The summed E-state index contributed by atoms with van der Waals surface area (Å²) < 4.78 is 46.9. The number of rotatable bonds is 2. The summed E-state index contributed by atoms with van der Waals surface area (Å²) in [5.74, 6) is -6.54. The molecule has 1 spiro atoms. The normalized spacial score (nSPS) is 30.2. The van der Waals surface area contributed by atoms with Gasteiger partial charge in [0.1, 0.15) is 5.54 Å². The zero-order valence-corrected chi connectivity index (χ0v) is 22.2. The van der Waals surface area contributed by atoms with E-state index in [-0.39, 0.29) is 42.8 Å². The van der Waals surface area contributed by atoms with Crippen LogP contribution in [0.3, 0.4) is 0 Å². The molecule has 4 aliphatic rings. The third-order valence-electron chi connectivity index (χ3n) is 7.97. The molecule has 4 aliphatic heterocycles. The van der Waals surface area contributed by atoms with Crippen LogP contribution < -0.4 is 15.0 Å². The van der Waals surface area contributed by atoms with Crippen LogP contribution in [0.4, 0.5) is 24.5 Å². The Morgan fingerprint density at radius 2 is 1.66 bits per heavy atom. The van der Waals surface area contributed by atoms with Crippen LogP contribution in [-0.2, 0) is 19.9 Å². The van der Waals surface area contributed by atoms with Gasteiger partial charge in [-0.2, -0.15) is 13.2 Å². The molecule has 4 heterocycles. The summed E-state index contributed by atoms with van der Waals surface area (Å²) >= 11 is 25.1. The number of amides is 3. The maximum Gasteiger partial charge on any atom is 0.393 e. The number of benzene rings is 2. The Kier molecular flexibility index (Phi) is 5.73. The lowest BCUT2D eigenvalue weighted by Crippen LogP contribution is -2.54. The second kappa shape index (κ2) is 8.38. The van der Waals surface area contributed by atoms with Crippen molar-refractivity contribution in [2.75, 3.05) is 23.9 Å². The Labute approximate surface area is 233 Å². The van der Waals surface area contributed by atoms with Crippen LogP contribution in [0.5, 0.6) is 5.75 Å². The van der Waals surface area contributed by atoms with E-state index in [1.165, 1.54) is 36.3 Å². The molecular weight excluding hydrogens is 593 g/mol. The highest BCUT2D eigenvalue weighted by Gasteiger charge is 2.76. The number of fused-ring (bicyclic) bond motifs is 7. The minimum atomic E-state index is -4.58. The topological polar surface area (TPSA) is 79.0 Å². The first kappa shape index (κ1) is 26.0. The molecule has 0 radical (unpaired) electrons. The summed E-state index contributed by atoms with van der Waals surface area (Å²) in [6.45, 7) is -0.571. The minimum absolute atomic E-state index is 0.0139. The fourth-order valence-electron chi connectivity index (χ4n) is 6.60. The van der Waals surface area contributed by atoms with E-state index in [1.807, 2.05) is 0 Å². The van der Waals surface area contributed by atoms with Crippen LogP contribution in [0.1, 0.15) is 12.0 Å². The van der Waals surface area contributed by atoms with Crippen LogP contribution in [0.2, 0.25) is 20.1 Å². The van der Waals surface area contributed by atoms with E-state index in [2.05, 4.69) is 5.32 Å². The van der Waals surface area contributed by atoms with Gasteiger partial charge in [-0.3, -0.25) is 19.3 Å². The van der Waals surface area contributed by atoms with E-state index >= 15 is 0 Å². The highest BCUT2D eigenvalue weighted by molar-refractivity contribution is 6.39. The van der Waals surface area contributed by atoms with Crippen LogP contribution in [-0.4, -0.2) is 48.5 Å². The summed E-state index contributed by atoms with van der Waals surface area (Å²) in [4.78, 5) is 43.9. The first-order valence-corrected chi connectivity index (χ1v) is 12.9. The number of anilines is 2. The van der Waals surface area contributed by atoms with Crippen molar-refractivity contribution in [2.24, 2.45) is 17.8 Å². The van der Waals surface area contributed by atoms with E-state index in [4.69, 9.17) is 51.1 Å². The molecule has 3 fully saturated rings. The predicted octanol–water partition coefficient (Wildman–Crippen LogP) is 5.53. The smallest absolute Gasteiger partial charge is 0.393 e. The summed E-state index contributed by atoms with van der Waals surface area (Å²) in [6.07, 6.45) is -5.03. The second-order valence-electron chi connectivity index (χ2n) is 9.68. The summed E-state index contributed by atoms with van der Waals surface area (Å²) in [5, 5.41) is 2.86. The first-order chi connectivity index (χ1) is 17.8. The molecule has 0 saturated carbocycles. The molecule has 14 heteroatoms. The van der Waals surface area contributed by atoms with Crippen LogP contribution >= 0.6 is 46.4 Å². The number of imide groups is 1. The van der Waals surface area contributed by atoms with Crippen LogP contribution in [0.15, 0.2) is 24.3 Å². The van der Waals surface area contributed by atoms with E-state index in [0.717, 1.165) is 4.90 Å². The monoisotopic (exact) mass is 607 g/mol. The molecule has 1 N–H and O–H groups in total. The zero-order valence-electron chi connectivity index (χ0n) is 19.2. The Morgan fingerprint density at radius 1 is 1.00 bits per heavy atom. The molecular formula is C24H16Cl4F3N3O4. The minimum Gasteiger partial charge on any atom is -0.494 e. The average Bonchev–Trinajstić information content (AvgIpc) is 3.50. The standard InChI is InChI=1S/C24H16Cl4F3N3O4/c1-38-19-13(27)5-10(6-14(19)28)34-20(35)16-15-2-8(24(29,30)31)7-33(15)23(17(16)21(34)36)11-3-9(25)4-12(26)18(11)32-22(23)37/h3-6,8,15-17H,2,7H2,1H3,(H,32,37). The van der Waals surface area contributed by atoms with Crippen molar-refractivity contribution >= 4 is 75.5 Å². The number of carbonyl (C=O) groups excluding carboxylic acids is 3. The second-order valence-corrected chi connectivity index (χ2v) is 11.3. The van der Waals surface area contributed by atoms with E-state index in [0.29, 0.717) is 0 Å². The SMILES string of the molecule is COc1c(Cl)cc(N2C(=O)C3C4CC(C(F)(F)F)CN4C4(C(=O)Nc5c(Cl)cc(Cl)cc54)C3C2=O)cc1Cl. The lowest BCUT2D eigenvalue weighted by atomic mass is 9.75. The lowest BCUT2D eigenvalue weighted by molar-refractivity contribution is -0.173. The predicted molar refractivity (Wildman–Crippen MR) is 134 cm³/mol. The molecule has 2 aromatic rings. The molecule has 5 unspecified atom stereocenters. The number of methoxy groups -OCH3 is 1. The van der Waals surface area contributed by atoms with Crippen molar-refractivity contribution < 1.29 is 32.3 Å². The maximum atomic E-state index is 14.1. The molecule has 6 rings (SSSR count). The van der Waals surface area contributed by atoms with Crippen molar-refractivity contribution in [1.82, 2.24) is 4.90 Å². The van der Waals surface area contributed by atoms with Gasteiger partial charge in [0, 0.05) is 23.2 Å². The highest BCUT2D eigenvalue weighted by Crippen LogP contribution is 2.63. The van der Waals surface area contributed by atoms with Gasteiger partial charge in [0.2, 0.25) is 11.8 Å². The molecule has 2 aromatic carbocycles. The van der Waals surface area contributed by atoms with Gasteiger partial charge < -0.3 is 10.1 Å². The Balaban J connectivity index is 1.56. The molecule has 38 heavy (non-hydrogen) atoms. The van der Waals surface area contributed by atoms with Gasteiger partial charge in [0.15, 0.2) is 5.75 Å². The number of hydrogen-bond donors (Lipinski definition) is 1. The van der Waals surface area contributed by atoms with E-state index in [9.17, 15) is 27.6 Å². The van der Waals surface area contributed by atoms with E-state index in [1.54, 1.807) is 0 Å². The van der Waals surface area contributed by atoms with Crippen molar-refractivity contribution in [3.63, 3.8) is 0 Å². The average molecular weight is 609 g/mol. The zero-order chi connectivity index (χ0) is 27.5. The molecule has 7 nitrogen and oxygen atoms in total. The Hall–Kier alpha value is -2.24. The third-order valence-corrected chi connectivity index (χ3v) is 9.05. The maximum absolute atomic E-state index is 14.1. The van der Waals surface area contributed by atoms with Gasteiger partial charge in [-0.1, -0.05) is 46.4 Å². The molecule has 3 amide bonds. The number of halogens is 7. The third kappa shape index (κ3) is 3.24. The largest absolute Gasteiger partial charge is 0.494 e. The fourth-order valence-corrected chi connectivity index (χ4v) is 7.77. The quantitative estimate of drug-likeness (QED) is 0.454. The number of carbonyl (C=O) groups is 3. The molecule has 5 atom stereocenters. The number of nitrogens with one attached hydrogen (secondary N) is 1.